The smallest absolute Gasteiger partial charge is 0.329 e. The zero-order valence-corrected chi connectivity index (χ0v) is 17.9. The molecule has 3 aromatic rings. The van der Waals surface area contributed by atoms with Crippen molar-refractivity contribution in [3.05, 3.63) is 75.5 Å². The van der Waals surface area contributed by atoms with Crippen LogP contribution in [-0.4, -0.2) is 41.0 Å². The molecule has 3 amide bonds. The molecule has 1 aromatic heterocycles. The average Bonchev–Trinajstić information content (AvgIpc) is 3.23. The van der Waals surface area contributed by atoms with Gasteiger partial charge in [-0.3, -0.25) is 9.59 Å². The Morgan fingerprint density at radius 1 is 1.13 bits per heavy atom. The number of carbonyl (C=O) groups is 3. The van der Waals surface area contributed by atoms with Gasteiger partial charge in [-0.15, -0.1) is 0 Å². The molecule has 1 aliphatic heterocycles. The number of halogens is 2. The maximum atomic E-state index is 12.6. The van der Waals surface area contributed by atoms with Crippen molar-refractivity contribution in [2.45, 2.75) is 6.54 Å². The van der Waals surface area contributed by atoms with Gasteiger partial charge in [0.25, 0.3) is 5.91 Å². The Morgan fingerprint density at radius 2 is 1.90 bits per heavy atom. The van der Waals surface area contributed by atoms with E-state index in [0.717, 1.165) is 26.9 Å². The van der Waals surface area contributed by atoms with Crippen LogP contribution in [0.25, 0.3) is 17.0 Å². The summed E-state index contributed by atoms with van der Waals surface area (Å²) in [5.41, 5.74) is 2.75. The Morgan fingerprint density at radius 3 is 2.65 bits per heavy atom. The van der Waals surface area contributed by atoms with Crippen molar-refractivity contribution in [1.29, 1.82) is 0 Å². The number of fused-ring (bicyclic) bond motifs is 1. The van der Waals surface area contributed by atoms with Crippen LogP contribution in [0.3, 0.4) is 0 Å². The first-order valence-corrected chi connectivity index (χ1v) is 10.1. The molecule has 0 aliphatic carbocycles. The fraction of sp³-hybridized carbons (Fsp3) is 0.136. The van der Waals surface area contributed by atoms with Crippen molar-refractivity contribution in [1.82, 2.24) is 14.8 Å². The molecule has 9 heteroatoms. The van der Waals surface area contributed by atoms with Crippen LogP contribution in [0.4, 0.5) is 4.79 Å². The number of methoxy groups -OCH3 is 1. The van der Waals surface area contributed by atoms with E-state index in [-0.39, 0.29) is 5.70 Å². The number of rotatable bonds is 5. The van der Waals surface area contributed by atoms with Gasteiger partial charge in [0.2, 0.25) is 0 Å². The van der Waals surface area contributed by atoms with Crippen LogP contribution in [0.2, 0.25) is 10.0 Å². The number of urea groups is 1. The number of hydrogen-bond donors (Lipinski definition) is 1. The molecule has 2 aromatic carbocycles. The molecular weight excluding hydrogens is 441 g/mol. The molecule has 31 heavy (non-hydrogen) atoms. The third kappa shape index (κ3) is 4.15. The number of ether oxygens (including phenoxy) is 1. The summed E-state index contributed by atoms with van der Waals surface area (Å²) in [5, 5.41) is 4.39. The summed E-state index contributed by atoms with van der Waals surface area (Å²) in [5.74, 6) is -1.26. The van der Waals surface area contributed by atoms with E-state index in [9.17, 15) is 14.4 Å². The molecule has 0 unspecified atom stereocenters. The van der Waals surface area contributed by atoms with Gasteiger partial charge >= 0.3 is 12.0 Å². The third-order valence-corrected chi connectivity index (χ3v) is 5.67. The molecule has 0 radical (unpaired) electrons. The zero-order valence-electron chi connectivity index (χ0n) is 16.4. The van der Waals surface area contributed by atoms with Gasteiger partial charge in [-0.05, 0) is 29.8 Å². The maximum absolute atomic E-state index is 12.6. The highest BCUT2D eigenvalue weighted by Crippen LogP contribution is 2.27. The number of aromatic nitrogens is 1. The highest BCUT2D eigenvalue weighted by molar-refractivity contribution is 6.42. The fourth-order valence-electron chi connectivity index (χ4n) is 3.42. The molecule has 7 nitrogen and oxygen atoms in total. The number of nitrogens with zero attached hydrogens (tertiary/aromatic N) is 2. The summed E-state index contributed by atoms with van der Waals surface area (Å²) in [6, 6.07) is 12.5. The second-order valence-corrected chi connectivity index (χ2v) is 7.75. The first-order valence-electron chi connectivity index (χ1n) is 9.30. The predicted molar refractivity (Wildman–Crippen MR) is 118 cm³/mol. The van der Waals surface area contributed by atoms with Crippen molar-refractivity contribution in [2.24, 2.45) is 0 Å². The van der Waals surface area contributed by atoms with E-state index in [1.54, 1.807) is 12.1 Å². The molecule has 1 aliphatic rings. The largest absolute Gasteiger partial charge is 0.468 e. The number of nitrogens with one attached hydrogen (secondary N) is 1. The van der Waals surface area contributed by atoms with E-state index >= 15 is 0 Å². The van der Waals surface area contributed by atoms with E-state index in [2.05, 4.69) is 10.1 Å². The quantitative estimate of drug-likeness (QED) is 0.355. The summed E-state index contributed by atoms with van der Waals surface area (Å²) >= 11 is 12.2. The Labute approximate surface area is 187 Å². The summed E-state index contributed by atoms with van der Waals surface area (Å²) in [6.07, 6.45) is 3.49. The SMILES string of the molecule is COC(=O)CN1C(=O)NC(=Cc2cn(Cc3ccc(Cl)c(Cl)c3)c3ccccc23)C1=O. The lowest BCUT2D eigenvalue weighted by molar-refractivity contribution is -0.143. The van der Waals surface area contributed by atoms with Crippen molar-refractivity contribution in [2.75, 3.05) is 13.7 Å². The number of carbonyl (C=O) groups excluding carboxylic acids is 3. The van der Waals surface area contributed by atoms with Crippen LogP contribution >= 0.6 is 23.2 Å². The highest BCUT2D eigenvalue weighted by atomic mass is 35.5. The van der Waals surface area contributed by atoms with Crippen LogP contribution < -0.4 is 5.32 Å². The summed E-state index contributed by atoms with van der Waals surface area (Å²) in [7, 11) is 1.19. The summed E-state index contributed by atoms with van der Waals surface area (Å²) < 4.78 is 6.56. The van der Waals surface area contributed by atoms with Crippen LogP contribution in [0.5, 0.6) is 0 Å². The molecule has 1 fully saturated rings. The first kappa shape index (κ1) is 21.0. The zero-order chi connectivity index (χ0) is 22.1. The van der Waals surface area contributed by atoms with Crippen molar-refractivity contribution in [3.63, 3.8) is 0 Å². The molecule has 0 bridgehead atoms. The number of para-hydroxylation sites is 1. The number of amides is 3. The van der Waals surface area contributed by atoms with Crippen LogP contribution in [0.1, 0.15) is 11.1 Å². The first-order chi connectivity index (χ1) is 14.9. The molecule has 4 rings (SSSR count). The molecule has 0 spiro atoms. The molecular formula is C22H17Cl2N3O4. The number of imide groups is 1. The predicted octanol–water partition coefficient (Wildman–Crippen LogP) is 4.06. The second kappa shape index (κ2) is 8.45. The van der Waals surface area contributed by atoms with E-state index in [1.807, 2.05) is 47.2 Å². The average molecular weight is 458 g/mol. The molecule has 2 heterocycles. The van der Waals surface area contributed by atoms with Crippen LogP contribution in [0, 0.1) is 0 Å². The standard InChI is InChI=1S/C22H17Cl2N3O4/c1-31-20(28)12-27-21(29)18(25-22(27)30)9-14-11-26(19-5-3-2-4-15(14)19)10-13-6-7-16(23)17(24)8-13/h2-9,11H,10,12H2,1H3,(H,25,30). The van der Waals surface area contributed by atoms with Gasteiger partial charge in [0.15, 0.2) is 0 Å². The van der Waals surface area contributed by atoms with E-state index in [1.165, 1.54) is 7.11 Å². The molecule has 158 valence electrons. The second-order valence-electron chi connectivity index (χ2n) is 6.93. The number of esters is 1. The van der Waals surface area contributed by atoms with Gasteiger partial charge in [0, 0.05) is 29.2 Å². The third-order valence-electron chi connectivity index (χ3n) is 4.93. The lowest BCUT2D eigenvalue weighted by atomic mass is 10.1. The Kier molecular flexibility index (Phi) is 5.71. The van der Waals surface area contributed by atoms with Crippen molar-refractivity contribution >= 4 is 58.1 Å². The van der Waals surface area contributed by atoms with Crippen molar-refractivity contribution in [3.8, 4) is 0 Å². The van der Waals surface area contributed by atoms with E-state index in [4.69, 9.17) is 23.2 Å². The number of benzene rings is 2. The van der Waals surface area contributed by atoms with Gasteiger partial charge < -0.3 is 14.6 Å². The van der Waals surface area contributed by atoms with Gasteiger partial charge in [-0.1, -0.05) is 47.5 Å². The molecule has 0 atom stereocenters. The Hall–Kier alpha value is -3.29. The lowest BCUT2D eigenvalue weighted by Crippen LogP contribution is -2.36. The summed E-state index contributed by atoms with van der Waals surface area (Å²) in [4.78, 5) is 37.0. The van der Waals surface area contributed by atoms with Crippen LogP contribution in [-0.2, 0) is 20.9 Å². The van der Waals surface area contributed by atoms with E-state index in [0.29, 0.717) is 16.6 Å². The monoisotopic (exact) mass is 457 g/mol. The van der Waals surface area contributed by atoms with E-state index < -0.39 is 24.5 Å². The topological polar surface area (TPSA) is 80.6 Å². The van der Waals surface area contributed by atoms with Crippen LogP contribution in [0.15, 0.2) is 54.4 Å². The molecule has 0 saturated carbocycles. The molecule has 1 saturated heterocycles. The highest BCUT2D eigenvalue weighted by Gasteiger charge is 2.35. The Bertz CT molecular complexity index is 1250. The van der Waals surface area contributed by atoms with Gasteiger partial charge in [-0.25, -0.2) is 9.69 Å². The molecule has 1 N–H and O–H groups in total. The lowest BCUT2D eigenvalue weighted by Gasteiger charge is -2.08. The summed E-state index contributed by atoms with van der Waals surface area (Å²) in [6.45, 7) is 0.0902. The Balaban J connectivity index is 1.69. The maximum Gasteiger partial charge on any atom is 0.329 e. The minimum absolute atomic E-state index is 0.0892. The van der Waals surface area contributed by atoms with Crippen molar-refractivity contribution < 1.29 is 19.1 Å². The minimum Gasteiger partial charge on any atom is -0.468 e. The van der Waals surface area contributed by atoms with Gasteiger partial charge in [-0.2, -0.15) is 0 Å². The fourth-order valence-corrected chi connectivity index (χ4v) is 3.74. The minimum atomic E-state index is -0.678. The van der Waals surface area contributed by atoms with Gasteiger partial charge in [0.05, 0.1) is 17.2 Å². The number of hydrogen-bond acceptors (Lipinski definition) is 4. The normalized spacial score (nSPS) is 15.1. The van der Waals surface area contributed by atoms with Gasteiger partial charge in [0.1, 0.15) is 12.2 Å².